The number of nitrogens with one attached hydrogen (secondary N) is 4. The van der Waals surface area contributed by atoms with Crippen LogP contribution in [0.2, 0.25) is 0 Å². The standard InChI is InChI=1S/C30H30Br2N4O4/c1-13-17(5-7-27(37)38)23-12-24-18(6-8-28(39)40)14(2)20(34-24)10-25-30(32)16(4)22(36-25)11-26-29(31)15(3)21(35-26)9-19(13)33-23/h9-12,33-36H,5-8H2,1-4H3,(H,37,38)(H,39,40)/b19-9-,20-10?,21-9?,22-11-,23-12-,24-12?,25-10-,26-11?. The number of aliphatic carboxylic acids is 2. The van der Waals surface area contributed by atoms with Crippen LogP contribution >= 0.6 is 31.9 Å². The largest absolute Gasteiger partial charge is 0.481 e. The monoisotopic (exact) mass is 668 g/mol. The van der Waals surface area contributed by atoms with Crippen molar-refractivity contribution in [1.82, 2.24) is 19.9 Å². The number of halogens is 2. The van der Waals surface area contributed by atoms with Gasteiger partial charge in [-0.3, -0.25) is 9.59 Å². The molecule has 5 heterocycles. The van der Waals surface area contributed by atoms with Crippen molar-refractivity contribution in [1.29, 1.82) is 0 Å². The van der Waals surface area contributed by atoms with Crippen molar-refractivity contribution >= 4 is 68.1 Å². The lowest BCUT2D eigenvalue weighted by Crippen LogP contribution is -2.14. The summed E-state index contributed by atoms with van der Waals surface area (Å²) in [4.78, 5) is 37.1. The number of hydrogen-bond acceptors (Lipinski definition) is 2. The molecule has 40 heavy (non-hydrogen) atoms. The fraction of sp³-hybridized carbons (Fsp3) is 0.267. The molecule has 0 atom stereocenters. The third-order valence-electron chi connectivity index (χ3n) is 7.71. The highest BCUT2D eigenvalue weighted by atomic mass is 79.9. The Bertz CT molecular complexity index is 1940. The Labute approximate surface area is 246 Å². The Morgan fingerprint density at radius 3 is 1.75 bits per heavy atom. The maximum atomic E-state index is 11.5. The first-order valence-corrected chi connectivity index (χ1v) is 14.5. The third-order valence-corrected chi connectivity index (χ3v) is 9.76. The van der Waals surface area contributed by atoms with Crippen molar-refractivity contribution in [2.45, 2.75) is 53.4 Å². The first-order chi connectivity index (χ1) is 18.9. The molecule has 10 heteroatoms. The van der Waals surface area contributed by atoms with E-state index in [-0.39, 0.29) is 12.8 Å². The normalized spacial score (nSPS) is 15.8. The molecule has 1 aliphatic rings. The minimum atomic E-state index is -0.861. The van der Waals surface area contributed by atoms with Crippen molar-refractivity contribution in [3.05, 3.63) is 86.5 Å². The molecule has 0 spiro atoms. The number of fused-ring (bicyclic) bond motifs is 8. The average molecular weight is 670 g/mol. The van der Waals surface area contributed by atoms with Crippen molar-refractivity contribution in [2.75, 3.05) is 0 Å². The van der Waals surface area contributed by atoms with E-state index in [0.717, 1.165) is 86.5 Å². The van der Waals surface area contributed by atoms with Gasteiger partial charge in [0.15, 0.2) is 0 Å². The van der Waals surface area contributed by atoms with Crippen LogP contribution in [0.15, 0.2) is 8.95 Å². The number of carbonyl (C=O) groups is 2. The third kappa shape index (κ3) is 5.17. The van der Waals surface area contributed by atoms with Gasteiger partial charge in [0.25, 0.3) is 0 Å². The summed E-state index contributed by atoms with van der Waals surface area (Å²) in [5, 5.41) is 22.4. The first-order valence-electron chi connectivity index (χ1n) is 13.0. The van der Waals surface area contributed by atoms with Gasteiger partial charge >= 0.3 is 11.9 Å². The summed E-state index contributed by atoms with van der Waals surface area (Å²) < 4.78 is 1.91. The molecule has 0 saturated carbocycles. The number of aromatic nitrogens is 4. The molecule has 6 N–H and O–H groups in total. The number of rotatable bonds is 6. The van der Waals surface area contributed by atoms with Crippen molar-refractivity contribution in [3.63, 3.8) is 0 Å². The molecule has 0 saturated heterocycles. The number of carboxylic acids is 2. The van der Waals surface area contributed by atoms with Gasteiger partial charge in [0.05, 0.1) is 11.0 Å². The van der Waals surface area contributed by atoms with Gasteiger partial charge < -0.3 is 30.1 Å². The predicted molar refractivity (Wildman–Crippen MR) is 162 cm³/mol. The Morgan fingerprint density at radius 2 is 1.07 bits per heavy atom. The summed E-state index contributed by atoms with van der Waals surface area (Å²) in [6.45, 7) is 8.09. The zero-order valence-corrected chi connectivity index (χ0v) is 25.8. The van der Waals surface area contributed by atoms with Crippen LogP contribution in [0.1, 0.15) is 69.0 Å². The number of H-pyrrole nitrogens is 4. The summed E-state index contributed by atoms with van der Waals surface area (Å²) in [5.74, 6) is -1.72. The molecular weight excluding hydrogens is 640 g/mol. The lowest BCUT2D eigenvalue weighted by molar-refractivity contribution is -0.138. The second-order valence-corrected chi connectivity index (χ2v) is 11.8. The molecule has 4 aromatic rings. The Morgan fingerprint density at radius 1 is 0.575 bits per heavy atom. The van der Waals surface area contributed by atoms with E-state index in [1.165, 1.54) is 0 Å². The van der Waals surface area contributed by atoms with Crippen LogP contribution in [0.25, 0.3) is 24.3 Å². The number of aromatic amines is 4. The maximum absolute atomic E-state index is 11.5. The van der Waals surface area contributed by atoms with E-state index in [1.807, 2.05) is 39.0 Å². The molecular formula is C30H30Br2N4O4. The molecule has 0 radical (unpaired) electrons. The van der Waals surface area contributed by atoms with E-state index < -0.39 is 11.9 Å². The van der Waals surface area contributed by atoms with Gasteiger partial charge in [-0.1, -0.05) is 0 Å². The smallest absolute Gasteiger partial charge is 0.303 e. The predicted octanol–water partition coefficient (Wildman–Crippen LogP) is 3.42. The van der Waals surface area contributed by atoms with Gasteiger partial charge in [0.1, 0.15) is 0 Å². The second kappa shape index (κ2) is 10.8. The minimum Gasteiger partial charge on any atom is -0.481 e. The highest BCUT2D eigenvalue weighted by Gasteiger charge is 2.17. The fourth-order valence-corrected chi connectivity index (χ4v) is 6.15. The quantitative estimate of drug-likeness (QED) is 0.165. The zero-order chi connectivity index (χ0) is 28.9. The molecule has 0 unspecified atom stereocenters. The van der Waals surface area contributed by atoms with Crippen molar-refractivity contribution < 1.29 is 19.8 Å². The molecule has 0 fully saturated rings. The molecule has 0 aromatic carbocycles. The van der Waals surface area contributed by atoms with Crippen LogP contribution in [0, 0.1) is 27.7 Å². The van der Waals surface area contributed by atoms with E-state index in [1.54, 1.807) is 0 Å². The summed E-state index contributed by atoms with van der Waals surface area (Å²) in [6.07, 6.45) is 8.86. The van der Waals surface area contributed by atoms with Crippen LogP contribution in [-0.2, 0) is 22.4 Å². The van der Waals surface area contributed by atoms with Crippen LogP contribution in [0.5, 0.6) is 0 Å². The lowest BCUT2D eigenvalue weighted by Gasteiger charge is -2.01. The summed E-state index contributed by atoms with van der Waals surface area (Å²) in [5.41, 5.74) is 9.42. The lowest BCUT2D eigenvalue weighted by atomic mass is 10.0. The highest BCUT2D eigenvalue weighted by molar-refractivity contribution is 9.10. The average Bonchev–Trinajstić information content (AvgIpc) is 3.53. The van der Waals surface area contributed by atoms with Crippen LogP contribution < -0.4 is 21.4 Å². The maximum Gasteiger partial charge on any atom is 0.303 e. The van der Waals surface area contributed by atoms with E-state index in [0.29, 0.717) is 12.8 Å². The van der Waals surface area contributed by atoms with Gasteiger partial charge in [-0.15, -0.1) is 0 Å². The number of hydrogen-bond donors (Lipinski definition) is 6. The van der Waals surface area contributed by atoms with Gasteiger partial charge in [-0.05, 0) is 130 Å². The molecule has 0 aliphatic carbocycles. The summed E-state index contributed by atoms with van der Waals surface area (Å²) in [6, 6.07) is 0. The molecule has 5 rings (SSSR count). The van der Waals surface area contributed by atoms with Crippen molar-refractivity contribution in [2.24, 2.45) is 0 Å². The fourth-order valence-electron chi connectivity index (χ4n) is 5.29. The minimum absolute atomic E-state index is 0.00112. The second-order valence-electron chi connectivity index (χ2n) is 10.3. The molecule has 208 valence electrons. The van der Waals surface area contributed by atoms with Crippen LogP contribution in [0.4, 0.5) is 0 Å². The summed E-state index contributed by atoms with van der Waals surface area (Å²) >= 11 is 7.51. The van der Waals surface area contributed by atoms with Gasteiger partial charge in [0, 0.05) is 54.9 Å². The molecule has 8 nitrogen and oxygen atoms in total. The van der Waals surface area contributed by atoms with Gasteiger partial charge in [0.2, 0.25) is 0 Å². The Hall–Kier alpha value is -3.50. The number of carboxylic acid groups (broad SMARTS) is 2. The Balaban J connectivity index is 1.89. The Kier molecular flexibility index (Phi) is 7.58. The van der Waals surface area contributed by atoms with Crippen LogP contribution in [0.3, 0.4) is 0 Å². The molecule has 4 aromatic heterocycles. The summed E-state index contributed by atoms with van der Waals surface area (Å²) in [7, 11) is 0. The van der Waals surface area contributed by atoms with Crippen molar-refractivity contribution in [3.8, 4) is 0 Å². The topological polar surface area (TPSA) is 138 Å². The SMILES string of the molecule is Cc1c2[nH]c(c1Br)/C=c1\[nH]/c(c(Br)c1C)=C\c1[nH]c(c(CCC(=O)O)c1C)/C=c1\[nH]/c(c(C)c1CCC(=O)O)=C\2. The first kappa shape index (κ1) is 28.0. The molecule has 0 amide bonds. The molecule has 8 bridgehead atoms. The van der Waals surface area contributed by atoms with E-state index in [9.17, 15) is 19.8 Å². The van der Waals surface area contributed by atoms with E-state index >= 15 is 0 Å². The van der Waals surface area contributed by atoms with E-state index in [4.69, 9.17) is 0 Å². The highest BCUT2D eigenvalue weighted by Crippen LogP contribution is 2.26. The zero-order valence-electron chi connectivity index (χ0n) is 22.6. The van der Waals surface area contributed by atoms with E-state index in [2.05, 4.69) is 64.8 Å². The molecule has 1 aliphatic heterocycles. The van der Waals surface area contributed by atoms with Crippen LogP contribution in [-0.4, -0.2) is 42.1 Å². The van der Waals surface area contributed by atoms with Gasteiger partial charge in [-0.25, -0.2) is 0 Å². The van der Waals surface area contributed by atoms with Gasteiger partial charge in [-0.2, -0.15) is 0 Å².